The van der Waals surface area contributed by atoms with Gasteiger partial charge in [-0.05, 0) is 46.6 Å². The summed E-state index contributed by atoms with van der Waals surface area (Å²) < 4.78 is 0.866. The minimum atomic E-state index is 0.0103. The summed E-state index contributed by atoms with van der Waals surface area (Å²) in [6, 6.07) is 7.37. The van der Waals surface area contributed by atoms with Crippen LogP contribution in [0.4, 0.5) is 5.69 Å². The lowest BCUT2D eigenvalue weighted by atomic mass is 10.0. The van der Waals surface area contributed by atoms with Gasteiger partial charge in [0, 0.05) is 34.5 Å². The van der Waals surface area contributed by atoms with Crippen molar-refractivity contribution in [2.45, 2.75) is 13.3 Å². The summed E-state index contributed by atoms with van der Waals surface area (Å²) in [7, 11) is 0. The first-order valence-electron chi connectivity index (χ1n) is 5.55. The second-order valence-electron chi connectivity index (χ2n) is 4.20. The number of benzene rings is 1. The second kappa shape index (κ2) is 5.31. The van der Waals surface area contributed by atoms with Crippen LogP contribution in [0.25, 0.3) is 0 Å². The Labute approximate surface area is 114 Å². The summed E-state index contributed by atoms with van der Waals surface area (Å²) in [5.41, 5.74) is 8.83. The van der Waals surface area contributed by atoms with Crippen molar-refractivity contribution < 1.29 is 4.79 Å². The average Bonchev–Trinajstić information content (AvgIpc) is 2.32. The Balaban J connectivity index is 2.24. The number of carbonyl (C=O) groups excluding carboxylic acids is 1. The molecule has 1 heterocycles. The normalized spacial score (nSPS) is 10.3. The molecule has 0 saturated carbocycles. The Morgan fingerprint density at radius 3 is 2.83 bits per heavy atom. The number of nitrogens with zero attached hydrogens (tertiary/aromatic N) is 1. The van der Waals surface area contributed by atoms with Gasteiger partial charge in [-0.1, -0.05) is 11.6 Å². The zero-order valence-electron chi connectivity index (χ0n) is 9.98. The first-order valence-corrected chi connectivity index (χ1v) is 6.34. The van der Waals surface area contributed by atoms with Crippen molar-refractivity contribution in [3.05, 3.63) is 57.8 Å². The van der Waals surface area contributed by atoms with E-state index in [1.807, 2.05) is 25.1 Å². The van der Waals surface area contributed by atoms with Gasteiger partial charge in [-0.2, -0.15) is 0 Å². The summed E-state index contributed by atoms with van der Waals surface area (Å²) in [5, 5.41) is 0. The van der Waals surface area contributed by atoms with Gasteiger partial charge in [-0.3, -0.25) is 9.78 Å². The number of nitrogen functional groups attached to an aromatic ring is 1. The van der Waals surface area contributed by atoms with E-state index in [0.29, 0.717) is 17.7 Å². The number of anilines is 1. The zero-order valence-corrected chi connectivity index (χ0v) is 11.6. The van der Waals surface area contributed by atoms with Gasteiger partial charge in [0.2, 0.25) is 0 Å². The molecular formula is C14H13BrN2O. The van der Waals surface area contributed by atoms with Crippen LogP contribution in [0.5, 0.6) is 0 Å². The molecule has 4 heteroatoms. The van der Waals surface area contributed by atoms with Gasteiger partial charge in [0.15, 0.2) is 5.78 Å². The molecule has 0 aliphatic carbocycles. The van der Waals surface area contributed by atoms with Crippen LogP contribution >= 0.6 is 15.9 Å². The average molecular weight is 305 g/mol. The topological polar surface area (TPSA) is 56.0 Å². The molecule has 0 aliphatic rings. The Morgan fingerprint density at radius 2 is 2.11 bits per heavy atom. The fourth-order valence-corrected chi connectivity index (χ4v) is 2.16. The van der Waals surface area contributed by atoms with Crippen LogP contribution in [0.1, 0.15) is 21.5 Å². The number of carbonyl (C=O) groups is 1. The molecule has 0 unspecified atom stereocenters. The lowest BCUT2D eigenvalue weighted by molar-refractivity contribution is 0.0993. The van der Waals surface area contributed by atoms with E-state index in [9.17, 15) is 4.79 Å². The molecule has 2 rings (SSSR count). The molecule has 0 amide bonds. The van der Waals surface area contributed by atoms with Gasteiger partial charge in [-0.25, -0.2) is 0 Å². The second-order valence-corrected chi connectivity index (χ2v) is 5.12. The van der Waals surface area contributed by atoms with E-state index in [1.165, 1.54) is 0 Å². The highest BCUT2D eigenvalue weighted by molar-refractivity contribution is 9.10. The molecule has 1 aromatic carbocycles. The van der Waals surface area contributed by atoms with E-state index in [2.05, 4.69) is 20.9 Å². The number of halogens is 1. The van der Waals surface area contributed by atoms with E-state index in [-0.39, 0.29) is 5.78 Å². The highest BCUT2D eigenvalue weighted by Crippen LogP contribution is 2.17. The molecule has 1 aromatic heterocycles. The molecule has 92 valence electrons. The van der Waals surface area contributed by atoms with Crippen molar-refractivity contribution in [3.8, 4) is 0 Å². The molecule has 3 nitrogen and oxygen atoms in total. The van der Waals surface area contributed by atoms with Crippen LogP contribution < -0.4 is 5.73 Å². The summed E-state index contributed by atoms with van der Waals surface area (Å²) >= 11 is 3.34. The standard InChI is InChI=1S/C14H13BrN2O/c1-9-2-3-13(16)12(4-9)14(18)6-10-5-11(15)8-17-7-10/h2-5,7-8H,6,16H2,1H3. The fraction of sp³-hybridized carbons (Fsp3) is 0.143. The monoisotopic (exact) mass is 304 g/mol. The van der Waals surface area contributed by atoms with Gasteiger partial charge in [0.1, 0.15) is 0 Å². The van der Waals surface area contributed by atoms with E-state index >= 15 is 0 Å². The minimum absolute atomic E-state index is 0.0103. The number of hydrogen-bond acceptors (Lipinski definition) is 3. The highest BCUT2D eigenvalue weighted by atomic mass is 79.9. The predicted molar refractivity (Wildman–Crippen MR) is 75.6 cm³/mol. The van der Waals surface area contributed by atoms with Gasteiger partial charge >= 0.3 is 0 Å². The van der Waals surface area contributed by atoms with Gasteiger partial charge in [0.05, 0.1) is 0 Å². The quantitative estimate of drug-likeness (QED) is 0.700. The van der Waals surface area contributed by atoms with Crippen LogP contribution in [0.2, 0.25) is 0 Å². The van der Waals surface area contributed by atoms with Crippen LogP contribution in [-0.2, 0) is 6.42 Å². The minimum Gasteiger partial charge on any atom is -0.398 e. The number of nitrogens with two attached hydrogens (primary N) is 1. The Hall–Kier alpha value is -1.68. The molecule has 0 spiro atoms. The fourth-order valence-electron chi connectivity index (χ4n) is 1.74. The van der Waals surface area contributed by atoms with Gasteiger partial charge in [0.25, 0.3) is 0 Å². The van der Waals surface area contributed by atoms with Crippen LogP contribution in [0.15, 0.2) is 41.1 Å². The maximum Gasteiger partial charge on any atom is 0.169 e. The third kappa shape index (κ3) is 2.96. The number of Topliss-reactive ketones (excluding diaryl/α,β-unsaturated/α-hetero) is 1. The Bertz CT molecular complexity index is 596. The van der Waals surface area contributed by atoms with E-state index < -0.39 is 0 Å². The number of ketones is 1. The molecule has 0 aliphatic heterocycles. The lowest BCUT2D eigenvalue weighted by Gasteiger charge is -2.06. The van der Waals surface area contributed by atoms with Crippen molar-refractivity contribution in [3.63, 3.8) is 0 Å². The Kier molecular flexibility index (Phi) is 3.77. The third-order valence-electron chi connectivity index (χ3n) is 2.64. The molecule has 0 bridgehead atoms. The van der Waals surface area contributed by atoms with Crippen molar-refractivity contribution in [2.75, 3.05) is 5.73 Å². The summed E-state index contributed by atoms with van der Waals surface area (Å²) in [6.07, 6.45) is 3.68. The number of aryl methyl sites for hydroxylation is 1. The van der Waals surface area contributed by atoms with Crippen molar-refractivity contribution in [1.82, 2.24) is 4.98 Å². The maximum atomic E-state index is 12.2. The number of aromatic nitrogens is 1. The molecule has 0 fully saturated rings. The SMILES string of the molecule is Cc1ccc(N)c(C(=O)Cc2cncc(Br)c2)c1. The van der Waals surface area contributed by atoms with E-state index in [0.717, 1.165) is 15.6 Å². The summed E-state index contributed by atoms with van der Waals surface area (Å²) in [4.78, 5) is 16.2. The van der Waals surface area contributed by atoms with E-state index in [4.69, 9.17) is 5.73 Å². The van der Waals surface area contributed by atoms with Crippen molar-refractivity contribution in [2.24, 2.45) is 0 Å². The Morgan fingerprint density at radius 1 is 1.33 bits per heavy atom. The summed E-state index contributed by atoms with van der Waals surface area (Å²) in [6.45, 7) is 1.94. The van der Waals surface area contributed by atoms with Gasteiger partial charge in [-0.15, -0.1) is 0 Å². The predicted octanol–water partition coefficient (Wildman–Crippen LogP) is 3.16. The summed E-state index contributed by atoms with van der Waals surface area (Å²) in [5.74, 6) is 0.0103. The largest absolute Gasteiger partial charge is 0.398 e. The zero-order chi connectivity index (χ0) is 13.1. The van der Waals surface area contributed by atoms with E-state index in [1.54, 1.807) is 18.5 Å². The third-order valence-corrected chi connectivity index (χ3v) is 3.07. The van der Waals surface area contributed by atoms with Crippen molar-refractivity contribution >= 4 is 27.4 Å². The number of rotatable bonds is 3. The molecule has 2 aromatic rings. The smallest absolute Gasteiger partial charge is 0.169 e. The van der Waals surface area contributed by atoms with Crippen LogP contribution in [0, 0.1) is 6.92 Å². The van der Waals surface area contributed by atoms with Crippen LogP contribution in [0.3, 0.4) is 0 Å². The number of pyridine rings is 1. The molecule has 0 saturated heterocycles. The molecule has 0 radical (unpaired) electrons. The number of hydrogen-bond donors (Lipinski definition) is 1. The van der Waals surface area contributed by atoms with Crippen molar-refractivity contribution in [1.29, 1.82) is 0 Å². The first kappa shape index (κ1) is 12.8. The first-order chi connectivity index (χ1) is 8.56. The lowest BCUT2D eigenvalue weighted by Crippen LogP contribution is -2.07. The molecular weight excluding hydrogens is 292 g/mol. The van der Waals surface area contributed by atoms with Crippen LogP contribution in [-0.4, -0.2) is 10.8 Å². The van der Waals surface area contributed by atoms with Gasteiger partial charge < -0.3 is 5.73 Å². The molecule has 18 heavy (non-hydrogen) atoms. The maximum absolute atomic E-state index is 12.2. The molecule has 0 atom stereocenters. The molecule has 2 N–H and O–H groups in total. The highest BCUT2D eigenvalue weighted by Gasteiger charge is 2.11.